The van der Waals surface area contributed by atoms with Gasteiger partial charge in [0.2, 0.25) is 0 Å². The Balaban J connectivity index is 2.44. The van der Waals surface area contributed by atoms with Crippen LogP contribution in [0.4, 0.5) is 13.2 Å². The fourth-order valence-electron chi connectivity index (χ4n) is 1.68. The Morgan fingerprint density at radius 3 is 2.61 bits per heavy atom. The van der Waals surface area contributed by atoms with E-state index in [2.05, 4.69) is 13.9 Å². The lowest BCUT2D eigenvalue weighted by atomic mass is 10.1. The maximum absolute atomic E-state index is 12.2. The van der Waals surface area contributed by atoms with Gasteiger partial charge in [0.1, 0.15) is 11.4 Å². The minimum atomic E-state index is -4.90. The molecule has 1 aliphatic rings. The summed E-state index contributed by atoms with van der Waals surface area (Å²) in [6.07, 6.45) is -3.85. The van der Waals surface area contributed by atoms with Crippen molar-refractivity contribution in [3.8, 4) is 5.75 Å². The molecule has 1 aliphatic heterocycles. The summed E-state index contributed by atoms with van der Waals surface area (Å²) in [5.74, 6) is -1.52. The van der Waals surface area contributed by atoms with Crippen molar-refractivity contribution in [2.24, 2.45) is 4.40 Å². The van der Waals surface area contributed by atoms with Crippen LogP contribution in [0.25, 0.3) is 0 Å². The van der Waals surface area contributed by atoms with Crippen molar-refractivity contribution >= 4 is 21.9 Å². The number of carbonyl (C=O) groups is 1. The molecule has 0 fully saturated rings. The molecule has 0 aliphatic carbocycles. The number of benzene rings is 1. The van der Waals surface area contributed by atoms with Gasteiger partial charge in [-0.3, -0.25) is 4.72 Å². The van der Waals surface area contributed by atoms with E-state index in [1.54, 1.807) is 0 Å². The molecule has 124 valence electrons. The van der Waals surface area contributed by atoms with E-state index in [1.165, 1.54) is 12.1 Å². The van der Waals surface area contributed by atoms with E-state index < -0.39 is 34.0 Å². The highest BCUT2D eigenvalue weighted by Gasteiger charge is 2.31. The summed E-state index contributed by atoms with van der Waals surface area (Å²) >= 11 is 0. The summed E-state index contributed by atoms with van der Waals surface area (Å²) in [4.78, 5) is 11.4. The third-order valence-electron chi connectivity index (χ3n) is 2.51. The first-order chi connectivity index (χ1) is 10.6. The number of nitrogens with one attached hydrogen (secondary N) is 1. The van der Waals surface area contributed by atoms with E-state index in [4.69, 9.17) is 0 Å². The average molecular weight is 350 g/mol. The standard InChI is InChI=1S/C12H9F3N2O5S/c1-21-11(18)10-6-9(16-23(19,20)17-10)7-3-2-4-8(5-7)22-12(13,14)15/h2-6,17H,1H3. The first kappa shape index (κ1) is 16.8. The molecule has 0 amide bonds. The van der Waals surface area contributed by atoms with Gasteiger partial charge in [0, 0.05) is 5.56 Å². The second-order valence-corrected chi connectivity index (χ2v) is 5.52. The maximum Gasteiger partial charge on any atom is 0.573 e. The molecule has 0 atom stereocenters. The average Bonchev–Trinajstić information content (AvgIpc) is 2.43. The number of hydrogen-bond acceptors (Lipinski definition) is 5. The Kier molecular flexibility index (Phi) is 4.32. The van der Waals surface area contributed by atoms with Crippen molar-refractivity contribution in [1.82, 2.24) is 4.72 Å². The van der Waals surface area contributed by atoms with Gasteiger partial charge in [-0.05, 0) is 18.2 Å². The van der Waals surface area contributed by atoms with Crippen LogP contribution in [0.5, 0.6) is 5.75 Å². The monoisotopic (exact) mass is 350 g/mol. The van der Waals surface area contributed by atoms with E-state index in [9.17, 15) is 26.4 Å². The zero-order valence-corrected chi connectivity index (χ0v) is 12.2. The van der Waals surface area contributed by atoms with E-state index in [1.807, 2.05) is 4.72 Å². The molecule has 23 heavy (non-hydrogen) atoms. The molecule has 2 rings (SSSR count). The van der Waals surface area contributed by atoms with Gasteiger partial charge in [-0.25, -0.2) is 4.79 Å². The van der Waals surface area contributed by atoms with Crippen molar-refractivity contribution in [1.29, 1.82) is 0 Å². The second kappa shape index (κ2) is 5.91. The molecule has 0 aromatic heterocycles. The Bertz CT molecular complexity index is 799. The van der Waals surface area contributed by atoms with Gasteiger partial charge in [0.05, 0.1) is 12.8 Å². The van der Waals surface area contributed by atoms with Gasteiger partial charge >= 0.3 is 22.5 Å². The first-order valence-electron chi connectivity index (χ1n) is 5.88. The van der Waals surface area contributed by atoms with Crippen LogP contribution in [0.1, 0.15) is 5.56 Å². The van der Waals surface area contributed by atoms with Crippen LogP contribution in [0.3, 0.4) is 0 Å². The number of methoxy groups -OCH3 is 1. The quantitative estimate of drug-likeness (QED) is 0.829. The zero-order valence-electron chi connectivity index (χ0n) is 11.4. The van der Waals surface area contributed by atoms with Gasteiger partial charge < -0.3 is 9.47 Å². The molecule has 1 aromatic rings. The number of rotatable bonds is 3. The van der Waals surface area contributed by atoms with Crippen LogP contribution >= 0.6 is 0 Å². The Hall–Kier alpha value is -2.56. The first-order valence-corrected chi connectivity index (χ1v) is 7.32. The van der Waals surface area contributed by atoms with Crippen LogP contribution in [0.15, 0.2) is 40.4 Å². The SMILES string of the molecule is COC(=O)C1=CC(c2cccc(OC(F)(F)F)c2)=NS(=O)(=O)N1. The van der Waals surface area contributed by atoms with Crippen molar-refractivity contribution in [3.63, 3.8) is 0 Å². The van der Waals surface area contributed by atoms with E-state index in [0.717, 1.165) is 25.3 Å². The molecule has 1 N–H and O–H groups in total. The van der Waals surface area contributed by atoms with Crippen molar-refractivity contribution in [3.05, 3.63) is 41.6 Å². The lowest BCUT2D eigenvalue weighted by molar-refractivity contribution is -0.274. The molecule has 0 radical (unpaired) electrons. The molecule has 0 spiro atoms. The predicted octanol–water partition coefficient (Wildman–Crippen LogP) is 1.28. The Labute approximate surface area is 128 Å². The van der Waals surface area contributed by atoms with Gasteiger partial charge in [-0.15, -0.1) is 17.6 Å². The number of halogens is 3. The van der Waals surface area contributed by atoms with Crippen molar-refractivity contribution < 1.29 is 35.9 Å². The highest BCUT2D eigenvalue weighted by Crippen LogP contribution is 2.24. The number of esters is 1. The van der Waals surface area contributed by atoms with Crippen LogP contribution in [0, 0.1) is 0 Å². The predicted molar refractivity (Wildman–Crippen MR) is 71.8 cm³/mol. The number of carbonyl (C=O) groups excluding carboxylic acids is 1. The largest absolute Gasteiger partial charge is 0.573 e. The molecule has 0 bridgehead atoms. The third kappa shape index (κ3) is 4.45. The lowest BCUT2D eigenvalue weighted by Crippen LogP contribution is -2.31. The molecule has 0 saturated carbocycles. The van der Waals surface area contributed by atoms with Crippen LogP contribution in [0.2, 0.25) is 0 Å². The van der Waals surface area contributed by atoms with Gasteiger partial charge in [-0.1, -0.05) is 12.1 Å². The zero-order chi connectivity index (χ0) is 17.3. The van der Waals surface area contributed by atoms with Crippen molar-refractivity contribution in [2.75, 3.05) is 7.11 Å². The third-order valence-corrected chi connectivity index (χ3v) is 3.42. The molecule has 11 heteroatoms. The molecule has 1 heterocycles. The summed E-state index contributed by atoms with van der Waals surface area (Å²) in [7, 11) is -3.18. The lowest BCUT2D eigenvalue weighted by Gasteiger charge is -2.14. The van der Waals surface area contributed by atoms with E-state index in [0.29, 0.717) is 0 Å². The molecular formula is C12H9F3N2O5S. The normalized spacial score (nSPS) is 16.7. The van der Waals surface area contributed by atoms with Gasteiger partial charge in [0.15, 0.2) is 0 Å². The topological polar surface area (TPSA) is 94.1 Å². The Morgan fingerprint density at radius 2 is 2.00 bits per heavy atom. The van der Waals surface area contributed by atoms with E-state index >= 15 is 0 Å². The summed E-state index contributed by atoms with van der Waals surface area (Å²) in [5, 5.41) is 0. The maximum atomic E-state index is 12.2. The minimum Gasteiger partial charge on any atom is -0.464 e. The fraction of sp³-hybridized carbons (Fsp3) is 0.167. The fourth-order valence-corrected chi connectivity index (χ4v) is 2.57. The van der Waals surface area contributed by atoms with Crippen LogP contribution < -0.4 is 9.46 Å². The van der Waals surface area contributed by atoms with Crippen LogP contribution in [-0.2, 0) is 19.7 Å². The van der Waals surface area contributed by atoms with Crippen molar-refractivity contribution in [2.45, 2.75) is 6.36 Å². The highest BCUT2D eigenvalue weighted by molar-refractivity contribution is 7.88. The number of ether oxygens (including phenoxy) is 2. The summed E-state index contributed by atoms with van der Waals surface area (Å²) in [5.41, 5.74) is -0.644. The van der Waals surface area contributed by atoms with E-state index in [-0.39, 0.29) is 11.3 Å². The molecule has 0 unspecified atom stereocenters. The smallest absolute Gasteiger partial charge is 0.464 e. The van der Waals surface area contributed by atoms with Gasteiger partial charge in [0.25, 0.3) is 0 Å². The Morgan fingerprint density at radius 1 is 1.30 bits per heavy atom. The second-order valence-electron chi connectivity index (χ2n) is 4.18. The minimum absolute atomic E-state index is 0.0122. The molecule has 0 saturated heterocycles. The number of nitrogens with zero attached hydrogens (tertiary/aromatic N) is 1. The highest BCUT2D eigenvalue weighted by atomic mass is 32.2. The van der Waals surface area contributed by atoms with Gasteiger partial charge in [-0.2, -0.15) is 8.42 Å². The number of alkyl halides is 3. The molecular weight excluding hydrogens is 341 g/mol. The molecule has 7 nitrogen and oxygen atoms in total. The molecule has 1 aromatic carbocycles. The summed E-state index contributed by atoms with van der Waals surface area (Å²) in [6, 6.07) is 4.52. The van der Waals surface area contributed by atoms with Crippen LogP contribution in [-0.4, -0.2) is 33.6 Å². The summed E-state index contributed by atoms with van der Waals surface area (Å²) < 4.78 is 73.2. The number of hydrogen-bond donors (Lipinski definition) is 1. The number of allylic oxidation sites excluding steroid dienone is 1. The summed E-state index contributed by atoms with van der Waals surface area (Å²) in [6.45, 7) is 0.